The van der Waals surface area contributed by atoms with Crippen molar-refractivity contribution in [3.63, 3.8) is 0 Å². The number of nitro groups is 2. The Hall–Kier alpha value is -4.55. The molecule has 0 spiro atoms. The van der Waals surface area contributed by atoms with E-state index in [-0.39, 0.29) is 5.75 Å². The van der Waals surface area contributed by atoms with E-state index in [0.717, 1.165) is 31.4 Å². The molecule has 0 unspecified atom stereocenters. The van der Waals surface area contributed by atoms with Crippen molar-refractivity contribution in [1.29, 1.82) is 0 Å². The van der Waals surface area contributed by atoms with E-state index in [4.69, 9.17) is 4.74 Å². The van der Waals surface area contributed by atoms with Gasteiger partial charge < -0.3 is 19.5 Å². The number of amides is 1. The summed E-state index contributed by atoms with van der Waals surface area (Å²) in [6.07, 6.45) is -0.610. The van der Waals surface area contributed by atoms with Crippen molar-refractivity contribution < 1.29 is 38.4 Å². The normalized spacial score (nSPS) is 11.2. The molecule has 0 aliphatic carbocycles. The highest BCUT2D eigenvalue weighted by molar-refractivity contribution is 6.01. The van der Waals surface area contributed by atoms with Crippen molar-refractivity contribution >= 4 is 29.2 Å². The number of aryl methyl sites for hydroxylation is 2. The minimum atomic E-state index is -1.52. The van der Waals surface area contributed by atoms with Crippen LogP contribution in [-0.2, 0) is 19.1 Å². The molecule has 0 saturated carbocycles. The maximum atomic E-state index is 12.9. The zero-order chi connectivity index (χ0) is 25.6. The predicted molar refractivity (Wildman–Crippen MR) is 116 cm³/mol. The van der Waals surface area contributed by atoms with Gasteiger partial charge in [0.2, 0.25) is 5.75 Å². The van der Waals surface area contributed by atoms with Crippen LogP contribution in [0, 0.1) is 34.1 Å². The van der Waals surface area contributed by atoms with Crippen molar-refractivity contribution in [3.8, 4) is 11.5 Å². The Morgan fingerprint density at radius 1 is 0.912 bits per heavy atom. The Kier molecular flexibility index (Phi) is 8.20. The van der Waals surface area contributed by atoms with E-state index in [9.17, 15) is 34.6 Å². The fourth-order valence-electron chi connectivity index (χ4n) is 3.06. The van der Waals surface area contributed by atoms with Crippen LogP contribution in [0.2, 0.25) is 0 Å². The number of esters is 2. The molecular formula is C21H21N3O10. The van der Waals surface area contributed by atoms with Crippen molar-refractivity contribution in [3.05, 3.63) is 67.3 Å². The summed E-state index contributed by atoms with van der Waals surface area (Å²) in [6, 6.07) is 4.90. The first-order chi connectivity index (χ1) is 16.0. The van der Waals surface area contributed by atoms with Gasteiger partial charge in [0.25, 0.3) is 11.6 Å². The van der Waals surface area contributed by atoms with Crippen LogP contribution in [0.1, 0.15) is 27.9 Å². The lowest BCUT2D eigenvalue weighted by Crippen LogP contribution is -2.43. The largest absolute Gasteiger partial charge is 0.469 e. The molecule has 2 rings (SSSR count). The number of nitrogens with zero attached hydrogens (tertiary/aromatic N) is 2. The van der Waals surface area contributed by atoms with Gasteiger partial charge in [-0.05, 0) is 37.1 Å². The Bertz CT molecular complexity index is 1140. The first kappa shape index (κ1) is 25.7. The van der Waals surface area contributed by atoms with Crippen molar-refractivity contribution in [2.24, 2.45) is 0 Å². The van der Waals surface area contributed by atoms with Gasteiger partial charge in [-0.15, -0.1) is 0 Å². The number of nitro benzene ring substituents is 2. The first-order valence-corrected chi connectivity index (χ1v) is 9.65. The third kappa shape index (κ3) is 6.25. The van der Waals surface area contributed by atoms with Gasteiger partial charge in [-0.1, -0.05) is 6.07 Å². The SMILES string of the molecule is COC(=O)C[C@H](NC(=O)c1cc(Oc2cc(C)cc(C)c2)c([N+](=O)[O-])cc1[N+](=O)[O-])C(=O)OC. The van der Waals surface area contributed by atoms with Crippen LogP contribution in [0.25, 0.3) is 0 Å². The summed E-state index contributed by atoms with van der Waals surface area (Å²) in [5, 5.41) is 25.3. The Morgan fingerprint density at radius 2 is 1.50 bits per heavy atom. The zero-order valence-electron chi connectivity index (χ0n) is 18.6. The Labute approximate surface area is 192 Å². The third-order valence-corrected chi connectivity index (χ3v) is 4.53. The molecule has 1 amide bonds. The van der Waals surface area contributed by atoms with Crippen LogP contribution in [0.5, 0.6) is 11.5 Å². The molecule has 0 aromatic heterocycles. The van der Waals surface area contributed by atoms with E-state index in [2.05, 4.69) is 14.8 Å². The number of carbonyl (C=O) groups excluding carboxylic acids is 3. The lowest BCUT2D eigenvalue weighted by atomic mass is 10.1. The summed E-state index contributed by atoms with van der Waals surface area (Å²) in [4.78, 5) is 57.6. The van der Waals surface area contributed by atoms with Crippen molar-refractivity contribution in [1.82, 2.24) is 5.32 Å². The fraction of sp³-hybridized carbons (Fsp3) is 0.286. The molecule has 0 heterocycles. The van der Waals surface area contributed by atoms with Gasteiger partial charge in [0.05, 0.1) is 36.6 Å². The monoisotopic (exact) mass is 475 g/mol. The van der Waals surface area contributed by atoms with E-state index in [1.807, 2.05) is 6.07 Å². The van der Waals surface area contributed by atoms with Gasteiger partial charge in [-0.2, -0.15) is 0 Å². The number of rotatable bonds is 9. The maximum Gasteiger partial charge on any atom is 0.328 e. The average molecular weight is 475 g/mol. The number of methoxy groups -OCH3 is 2. The second-order valence-corrected chi connectivity index (χ2v) is 7.11. The molecule has 0 bridgehead atoms. The van der Waals surface area contributed by atoms with Crippen LogP contribution >= 0.6 is 0 Å². The summed E-state index contributed by atoms with van der Waals surface area (Å²) < 4.78 is 14.6. The molecule has 13 nitrogen and oxygen atoms in total. The topological polar surface area (TPSA) is 177 Å². The van der Waals surface area contributed by atoms with Gasteiger partial charge >= 0.3 is 17.6 Å². The fourth-order valence-corrected chi connectivity index (χ4v) is 3.06. The van der Waals surface area contributed by atoms with Crippen LogP contribution in [0.15, 0.2) is 30.3 Å². The number of nitrogens with one attached hydrogen (secondary N) is 1. The van der Waals surface area contributed by atoms with Gasteiger partial charge in [0.15, 0.2) is 0 Å². The summed E-state index contributed by atoms with van der Waals surface area (Å²) >= 11 is 0. The molecule has 0 radical (unpaired) electrons. The molecule has 34 heavy (non-hydrogen) atoms. The molecule has 0 aliphatic heterocycles. The highest BCUT2D eigenvalue weighted by Gasteiger charge is 2.32. The molecule has 0 fully saturated rings. The van der Waals surface area contributed by atoms with E-state index in [1.165, 1.54) is 0 Å². The quantitative estimate of drug-likeness (QED) is 0.322. The van der Waals surface area contributed by atoms with E-state index in [0.29, 0.717) is 6.07 Å². The second-order valence-electron chi connectivity index (χ2n) is 7.11. The van der Waals surface area contributed by atoms with E-state index in [1.54, 1.807) is 26.0 Å². The molecular weight excluding hydrogens is 454 g/mol. The standard InChI is InChI=1S/C21H21N3O10/c1-11-5-12(2)7-13(6-11)34-18-8-14(16(23(28)29)10-17(18)24(30)31)20(26)22-15(21(27)33-4)9-19(25)32-3/h5-8,10,15H,9H2,1-4H3,(H,22,26)/t15-/m0/s1. The zero-order valence-corrected chi connectivity index (χ0v) is 18.6. The minimum absolute atomic E-state index is 0.207. The molecule has 0 saturated heterocycles. The highest BCUT2D eigenvalue weighted by Crippen LogP contribution is 2.37. The maximum absolute atomic E-state index is 12.9. The van der Waals surface area contributed by atoms with Crippen molar-refractivity contribution in [2.75, 3.05) is 14.2 Å². The summed E-state index contributed by atoms with van der Waals surface area (Å²) in [7, 11) is 2.08. The van der Waals surface area contributed by atoms with Gasteiger partial charge in [-0.3, -0.25) is 29.8 Å². The Balaban J connectivity index is 2.56. The van der Waals surface area contributed by atoms with Crippen LogP contribution in [0.4, 0.5) is 11.4 Å². The predicted octanol–water partition coefficient (Wildman–Crippen LogP) is 2.75. The molecule has 13 heteroatoms. The van der Waals surface area contributed by atoms with Gasteiger partial charge in [0, 0.05) is 6.07 Å². The van der Waals surface area contributed by atoms with Gasteiger partial charge in [0.1, 0.15) is 17.4 Å². The van der Waals surface area contributed by atoms with E-state index < -0.39 is 62.8 Å². The number of ether oxygens (including phenoxy) is 3. The van der Waals surface area contributed by atoms with Gasteiger partial charge in [-0.25, -0.2) is 4.79 Å². The molecule has 2 aromatic carbocycles. The first-order valence-electron chi connectivity index (χ1n) is 9.65. The lowest BCUT2D eigenvalue weighted by molar-refractivity contribution is -0.394. The van der Waals surface area contributed by atoms with Crippen LogP contribution in [0.3, 0.4) is 0 Å². The second kappa shape index (κ2) is 10.8. The van der Waals surface area contributed by atoms with Crippen molar-refractivity contribution in [2.45, 2.75) is 26.3 Å². The van der Waals surface area contributed by atoms with Crippen LogP contribution < -0.4 is 10.1 Å². The molecule has 0 aliphatic rings. The summed E-state index contributed by atoms with van der Waals surface area (Å²) in [6.45, 7) is 3.55. The lowest BCUT2D eigenvalue weighted by Gasteiger charge is -2.16. The third-order valence-electron chi connectivity index (χ3n) is 4.53. The average Bonchev–Trinajstić information content (AvgIpc) is 2.76. The van der Waals surface area contributed by atoms with Crippen LogP contribution in [-0.4, -0.2) is 48.0 Å². The number of carbonyl (C=O) groups is 3. The minimum Gasteiger partial charge on any atom is -0.469 e. The molecule has 2 aromatic rings. The van der Waals surface area contributed by atoms with E-state index >= 15 is 0 Å². The highest BCUT2D eigenvalue weighted by atomic mass is 16.6. The summed E-state index contributed by atoms with van der Waals surface area (Å²) in [5.41, 5.74) is -0.698. The molecule has 180 valence electrons. The molecule has 1 atom stereocenters. The number of hydrogen-bond donors (Lipinski definition) is 1. The molecule has 1 N–H and O–H groups in total. The number of benzene rings is 2. The Morgan fingerprint density at radius 3 is 2.00 bits per heavy atom. The summed E-state index contributed by atoms with van der Waals surface area (Å²) in [5.74, 6) is -3.25. The smallest absolute Gasteiger partial charge is 0.328 e. The number of hydrogen-bond acceptors (Lipinski definition) is 10.